The molecule has 0 aliphatic carbocycles. The minimum absolute atomic E-state index is 0.127. The fourth-order valence-electron chi connectivity index (χ4n) is 2.52. The van der Waals surface area contributed by atoms with E-state index in [4.69, 9.17) is 9.26 Å². The molecule has 2 heterocycles. The maximum Gasteiger partial charge on any atom is 0.167 e. The third-order valence-corrected chi connectivity index (χ3v) is 3.32. The Labute approximate surface area is 106 Å². The summed E-state index contributed by atoms with van der Waals surface area (Å²) in [6.07, 6.45) is 2.73. The fraction of sp³-hybridized carbons (Fsp3) is 0.357. The average molecular weight is 244 g/mol. The Kier molecular flexibility index (Phi) is 3.13. The van der Waals surface area contributed by atoms with E-state index in [1.165, 1.54) is 11.1 Å². The molecule has 3 rings (SSSR count). The van der Waals surface area contributed by atoms with Crippen LogP contribution in [0.4, 0.5) is 0 Å². The highest BCUT2D eigenvalue weighted by molar-refractivity contribution is 5.64. The first-order valence-electron chi connectivity index (χ1n) is 6.19. The number of rotatable bonds is 3. The van der Waals surface area contributed by atoms with Gasteiger partial charge in [0, 0.05) is 18.2 Å². The second kappa shape index (κ2) is 4.92. The van der Waals surface area contributed by atoms with E-state index in [2.05, 4.69) is 22.6 Å². The molecule has 2 aromatic rings. The molecule has 1 aliphatic rings. The Balaban J connectivity index is 2.06. The van der Waals surface area contributed by atoms with Crippen molar-refractivity contribution in [2.45, 2.75) is 12.5 Å². The first-order valence-corrected chi connectivity index (χ1v) is 6.19. The van der Waals surface area contributed by atoms with Crippen LogP contribution in [0.3, 0.4) is 0 Å². The molecule has 1 aromatic carbocycles. The lowest BCUT2D eigenvalue weighted by Crippen LogP contribution is -2.25. The molecule has 0 bridgehead atoms. The molecule has 0 unspecified atom stereocenters. The van der Waals surface area contributed by atoms with Gasteiger partial charge >= 0.3 is 0 Å². The minimum Gasteiger partial charge on any atom is -0.372 e. The standard InChI is InChI=1S/C14H16N2O2/c1-15-9-14-12-4-2-3-11(10(12)6-8-17-14)13-5-7-16-18-13/h2-5,7,14-15H,6,8-9H2,1H3/t14-/m0/s1. The zero-order valence-corrected chi connectivity index (χ0v) is 10.3. The second-order valence-corrected chi connectivity index (χ2v) is 4.42. The highest BCUT2D eigenvalue weighted by Crippen LogP contribution is 2.33. The van der Waals surface area contributed by atoms with Crippen molar-refractivity contribution >= 4 is 0 Å². The maximum atomic E-state index is 5.81. The summed E-state index contributed by atoms with van der Waals surface area (Å²) in [5.74, 6) is 0.831. The Morgan fingerprint density at radius 1 is 1.39 bits per heavy atom. The summed E-state index contributed by atoms with van der Waals surface area (Å²) >= 11 is 0. The highest BCUT2D eigenvalue weighted by atomic mass is 16.5. The number of benzene rings is 1. The van der Waals surface area contributed by atoms with Crippen LogP contribution in [-0.4, -0.2) is 25.4 Å². The molecule has 0 fully saturated rings. The highest BCUT2D eigenvalue weighted by Gasteiger charge is 2.23. The number of hydrogen-bond acceptors (Lipinski definition) is 4. The predicted molar refractivity (Wildman–Crippen MR) is 68.3 cm³/mol. The van der Waals surface area contributed by atoms with Crippen molar-refractivity contribution in [2.24, 2.45) is 0 Å². The number of fused-ring (bicyclic) bond motifs is 1. The smallest absolute Gasteiger partial charge is 0.167 e. The van der Waals surface area contributed by atoms with Crippen LogP contribution in [0.25, 0.3) is 11.3 Å². The van der Waals surface area contributed by atoms with Crippen LogP contribution in [-0.2, 0) is 11.2 Å². The predicted octanol–water partition coefficient (Wildman–Crippen LogP) is 2.17. The molecule has 0 spiro atoms. The van der Waals surface area contributed by atoms with Crippen molar-refractivity contribution in [1.29, 1.82) is 0 Å². The molecule has 4 heteroatoms. The minimum atomic E-state index is 0.127. The van der Waals surface area contributed by atoms with Gasteiger partial charge in [-0.2, -0.15) is 0 Å². The SMILES string of the molecule is CNC[C@@H]1OCCc2c(-c3ccno3)cccc21. The molecule has 1 aliphatic heterocycles. The largest absolute Gasteiger partial charge is 0.372 e. The third kappa shape index (κ3) is 1.94. The van der Waals surface area contributed by atoms with E-state index < -0.39 is 0 Å². The van der Waals surface area contributed by atoms with E-state index in [-0.39, 0.29) is 6.10 Å². The van der Waals surface area contributed by atoms with Crippen LogP contribution < -0.4 is 5.32 Å². The Morgan fingerprint density at radius 3 is 3.11 bits per heavy atom. The second-order valence-electron chi connectivity index (χ2n) is 4.42. The van der Waals surface area contributed by atoms with Gasteiger partial charge in [-0.25, -0.2) is 0 Å². The van der Waals surface area contributed by atoms with Gasteiger partial charge in [0.2, 0.25) is 0 Å². The molecule has 94 valence electrons. The molecule has 1 N–H and O–H groups in total. The number of ether oxygens (including phenoxy) is 1. The third-order valence-electron chi connectivity index (χ3n) is 3.32. The molecule has 0 saturated carbocycles. The van der Waals surface area contributed by atoms with Crippen molar-refractivity contribution in [3.8, 4) is 11.3 Å². The van der Waals surface area contributed by atoms with Gasteiger partial charge in [0.05, 0.1) is 18.9 Å². The molecule has 0 saturated heterocycles. The van der Waals surface area contributed by atoms with Crippen molar-refractivity contribution in [2.75, 3.05) is 20.2 Å². The van der Waals surface area contributed by atoms with Crippen LogP contribution in [0.15, 0.2) is 35.0 Å². The Morgan fingerprint density at radius 2 is 2.33 bits per heavy atom. The summed E-state index contributed by atoms with van der Waals surface area (Å²) < 4.78 is 11.1. The summed E-state index contributed by atoms with van der Waals surface area (Å²) in [6.45, 7) is 1.58. The van der Waals surface area contributed by atoms with Crippen LogP contribution in [0.5, 0.6) is 0 Å². The van der Waals surface area contributed by atoms with E-state index in [1.807, 2.05) is 19.2 Å². The van der Waals surface area contributed by atoms with Crippen LogP contribution in [0.1, 0.15) is 17.2 Å². The van der Waals surface area contributed by atoms with Crippen molar-refractivity contribution in [1.82, 2.24) is 10.5 Å². The quantitative estimate of drug-likeness (QED) is 0.899. The summed E-state index contributed by atoms with van der Waals surface area (Å²) in [5.41, 5.74) is 3.71. The molecule has 1 aromatic heterocycles. The van der Waals surface area contributed by atoms with Gasteiger partial charge in [-0.05, 0) is 24.6 Å². The first-order chi connectivity index (χ1) is 8.90. The number of likely N-dealkylation sites (N-methyl/N-ethyl adjacent to an activating group) is 1. The van der Waals surface area contributed by atoms with Gasteiger partial charge in [-0.15, -0.1) is 0 Å². The van der Waals surface area contributed by atoms with Crippen molar-refractivity contribution in [3.05, 3.63) is 41.6 Å². The van der Waals surface area contributed by atoms with Gasteiger partial charge < -0.3 is 14.6 Å². The van der Waals surface area contributed by atoms with Gasteiger partial charge in [0.1, 0.15) is 0 Å². The molecule has 0 amide bonds. The van der Waals surface area contributed by atoms with E-state index in [0.717, 1.165) is 30.9 Å². The Hall–Kier alpha value is -1.65. The van der Waals surface area contributed by atoms with Gasteiger partial charge in [-0.3, -0.25) is 0 Å². The number of nitrogens with zero attached hydrogens (tertiary/aromatic N) is 1. The normalized spacial score (nSPS) is 18.6. The summed E-state index contributed by atoms with van der Waals surface area (Å²) in [7, 11) is 1.94. The summed E-state index contributed by atoms with van der Waals surface area (Å²) in [5, 5.41) is 6.96. The monoisotopic (exact) mass is 244 g/mol. The van der Waals surface area contributed by atoms with Gasteiger partial charge in [0.25, 0.3) is 0 Å². The van der Waals surface area contributed by atoms with Gasteiger partial charge in [-0.1, -0.05) is 23.4 Å². The van der Waals surface area contributed by atoms with Crippen molar-refractivity contribution < 1.29 is 9.26 Å². The number of hydrogen-bond donors (Lipinski definition) is 1. The maximum absolute atomic E-state index is 5.81. The van der Waals surface area contributed by atoms with Crippen molar-refractivity contribution in [3.63, 3.8) is 0 Å². The van der Waals surface area contributed by atoms with Crippen LogP contribution >= 0.6 is 0 Å². The Bertz CT molecular complexity index is 523. The molecular weight excluding hydrogens is 228 g/mol. The summed E-state index contributed by atoms with van der Waals surface area (Å²) in [6, 6.07) is 8.17. The lowest BCUT2D eigenvalue weighted by Gasteiger charge is -2.27. The van der Waals surface area contributed by atoms with E-state index in [0.29, 0.717) is 0 Å². The number of nitrogens with one attached hydrogen (secondary N) is 1. The van der Waals surface area contributed by atoms with E-state index >= 15 is 0 Å². The number of aromatic nitrogens is 1. The average Bonchev–Trinajstić information content (AvgIpc) is 2.93. The molecule has 18 heavy (non-hydrogen) atoms. The van der Waals surface area contributed by atoms with Gasteiger partial charge in [0.15, 0.2) is 5.76 Å². The van der Waals surface area contributed by atoms with E-state index in [1.54, 1.807) is 6.20 Å². The topological polar surface area (TPSA) is 47.3 Å². The molecular formula is C14H16N2O2. The molecule has 4 nitrogen and oxygen atoms in total. The van der Waals surface area contributed by atoms with Crippen LogP contribution in [0.2, 0.25) is 0 Å². The zero-order valence-electron chi connectivity index (χ0n) is 10.3. The van der Waals surface area contributed by atoms with Crippen LogP contribution in [0, 0.1) is 0 Å². The first kappa shape index (κ1) is 11.4. The van der Waals surface area contributed by atoms with E-state index in [9.17, 15) is 0 Å². The lowest BCUT2D eigenvalue weighted by atomic mass is 9.92. The zero-order chi connectivity index (χ0) is 12.4. The lowest BCUT2D eigenvalue weighted by molar-refractivity contribution is 0.0440. The molecule has 0 radical (unpaired) electrons. The molecule has 1 atom stereocenters. The summed E-state index contributed by atoms with van der Waals surface area (Å²) in [4.78, 5) is 0. The fourth-order valence-corrected chi connectivity index (χ4v) is 2.52.